The maximum atomic E-state index is 12.7. The van der Waals surface area contributed by atoms with Crippen LogP contribution < -0.4 is 14.8 Å². The molecule has 3 amide bonds. The summed E-state index contributed by atoms with van der Waals surface area (Å²) < 4.78 is 11.1. The largest absolute Gasteiger partial charge is 0.493 e. The second kappa shape index (κ2) is 10.1. The molecule has 1 heterocycles. The van der Waals surface area contributed by atoms with Gasteiger partial charge in [-0.2, -0.15) is 0 Å². The third-order valence-electron chi connectivity index (χ3n) is 4.45. The van der Waals surface area contributed by atoms with E-state index in [0.29, 0.717) is 40.3 Å². The Hall–Kier alpha value is -2.71. The van der Waals surface area contributed by atoms with Gasteiger partial charge in [0.25, 0.3) is 11.1 Å². The number of benzene rings is 2. The molecule has 3 rings (SSSR count). The van der Waals surface area contributed by atoms with Gasteiger partial charge in [-0.05, 0) is 35.7 Å². The van der Waals surface area contributed by atoms with E-state index in [-0.39, 0.29) is 29.4 Å². The second-order valence-corrected chi connectivity index (χ2v) is 8.71. The van der Waals surface area contributed by atoms with Crippen LogP contribution >= 0.6 is 23.4 Å². The maximum Gasteiger partial charge on any atom is 0.289 e. The van der Waals surface area contributed by atoms with Crippen LogP contribution in [0.25, 0.3) is 0 Å². The highest BCUT2D eigenvalue weighted by atomic mass is 35.5. The number of anilines is 1. The molecule has 1 N–H and O–H groups in total. The summed E-state index contributed by atoms with van der Waals surface area (Å²) >= 11 is 7.32. The maximum absolute atomic E-state index is 12.7. The molecule has 1 aliphatic rings. The summed E-state index contributed by atoms with van der Waals surface area (Å²) in [4.78, 5) is 37.4. The van der Waals surface area contributed by atoms with Crippen molar-refractivity contribution in [2.45, 2.75) is 20.4 Å². The van der Waals surface area contributed by atoms with Gasteiger partial charge >= 0.3 is 0 Å². The highest BCUT2D eigenvalue weighted by Gasteiger charge is 2.29. The number of ether oxygens (including phenoxy) is 2. The van der Waals surface area contributed by atoms with E-state index in [1.807, 2.05) is 13.8 Å². The van der Waals surface area contributed by atoms with Gasteiger partial charge in [0.1, 0.15) is 0 Å². The molecule has 0 bridgehead atoms. The molecule has 0 saturated carbocycles. The van der Waals surface area contributed by atoms with Gasteiger partial charge < -0.3 is 14.8 Å². The lowest BCUT2D eigenvalue weighted by atomic mass is 10.1. The number of carbonyl (C=O) groups excluding carboxylic acids is 3. The number of nitrogens with one attached hydrogen (secondary N) is 1. The van der Waals surface area contributed by atoms with Gasteiger partial charge in [-0.3, -0.25) is 19.3 Å². The van der Waals surface area contributed by atoms with Crippen molar-refractivity contribution < 1.29 is 23.9 Å². The molecule has 1 saturated heterocycles. The van der Waals surface area contributed by atoms with E-state index in [2.05, 4.69) is 5.32 Å². The molecule has 0 aromatic heterocycles. The molecule has 0 atom stereocenters. The van der Waals surface area contributed by atoms with E-state index < -0.39 is 0 Å². The summed E-state index contributed by atoms with van der Waals surface area (Å²) in [6.07, 6.45) is 0. The van der Waals surface area contributed by atoms with Crippen molar-refractivity contribution in [2.75, 3.05) is 24.8 Å². The van der Waals surface area contributed by atoms with Crippen molar-refractivity contribution in [3.63, 3.8) is 0 Å². The van der Waals surface area contributed by atoms with Gasteiger partial charge in [-0.1, -0.05) is 49.3 Å². The number of hydrogen-bond donors (Lipinski definition) is 1. The fourth-order valence-corrected chi connectivity index (χ4v) is 3.84. The average Bonchev–Trinajstić information content (AvgIpc) is 3.05. The molecule has 2 aromatic rings. The zero-order valence-electron chi connectivity index (χ0n) is 17.4. The van der Waals surface area contributed by atoms with Crippen LogP contribution in [0.15, 0.2) is 36.4 Å². The smallest absolute Gasteiger partial charge is 0.289 e. The summed E-state index contributed by atoms with van der Waals surface area (Å²) in [6, 6.07) is 10.1. The Morgan fingerprint density at radius 1 is 1.23 bits per heavy atom. The van der Waals surface area contributed by atoms with Gasteiger partial charge in [0.15, 0.2) is 11.5 Å². The molecule has 1 fully saturated rings. The number of imide groups is 1. The molecule has 0 radical (unpaired) electrons. The Bertz CT molecular complexity index is 978. The van der Waals surface area contributed by atoms with Gasteiger partial charge in [-0.15, -0.1) is 0 Å². The summed E-state index contributed by atoms with van der Waals surface area (Å²) in [7, 11) is 1.49. The summed E-state index contributed by atoms with van der Waals surface area (Å²) in [5.74, 6) is 0.727. The number of nitrogens with zero attached hydrogens (tertiary/aromatic N) is 1. The van der Waals surface area contributed by atoms with Crippen LogP contribution in [0.3, 0.4) is 0 Å². The molecule has 164 valence electrons. The van der Waals surface area contributed by atoms with Crippen molar-refractivity contribution in [2.24, 2.45) is 5.92 Å². The minimum atomic E-state index is -0.357. The van der Waals surface area contributed by atoms with Gasteiger partial charge in [0.2, 0.25) is 5.91 Å². The zero-order chi connectivity index (χ0) is 22.5. The van der Waals surface area contributed by atoms with Crippen molar-refractivity contribution in [1.29, 1.82) is 0 Å². The number of rotatable bonds is 8. The normalized spacial score (nSPS) is 13.6. The van der Waals surface area contributed by atoms with Crippen LogP contribution in [0.1, 0.15) is 29.8 Å². The monoisotopic (exact) mass is 462 g/mol. The molecule has 0 spiro atoms. The molecular weight excluding hydrogens is 440 g/mol. The lowest BCUT2D eigenvalue weighted by molar-refractivity contribution is -0.125. The summed E-state index contributed by atoms with van der Waals surface area (Å²) in [5.41, 5.74) is 1.68. The van der Waals surface area contributed by atoms with Crippen LogP contribution in [0, 0.1) is 5.92 Å². The highest BCUT2D eigenvalue weighted by molar-refractivity contribution is 8.14. The van der Waals surface area contributed by atoms with Gasteiger partial charge in [0, 0.05) is 11.3 Å². The van der Waals surface area contributed by atoms with E-state index in [0.717, 1.165) is 17.3 Å². The molecule has 0 aliphatic carbocycles. The predicted molar refractivity (Wildman–Crippen MR) is 121 cm³/mol. The van der Waals surface area contributed by atoms with E-state index >= 15 is 0 Å². The zero-order valence-corrected chi connectivity index (χ0v) is 19.0. The second-order valence-electron chi connectivity index (χ2n) is 7.38. The molecule has 31 heavy (non-hydrogen) atoms. The number of carbonyl (C=O) groups is 3. The Morgan fingerprint density at radius 2 is 1.94 bits per heavy atom. The minimum Gasteiger partial charge on any atom is -0.493 e. The average molecular weight is 463 g/mol. The first-order valence-electron chi connectivity index (χ1n) is 9.66. The van der Waals surface area contributed by atoms with E-state index in [9.17, 15) is 14.4 Å². The van der Waals surface area contributed by atoms with Crippen LogP contribution in [0.2, 0.25) is 5.02 Å². The van der Waals surface area contributed by atoms with Crippen LogP contribution in [0.4, 0.5) is 10.5 Å². The van der Waals surface area contributed by atoms with Gasteiger partial charge in [0.05, 0.1) is 31.0 Å². The van der Waals surface area contributed by atoms with E-state index in [1.165, 1.54) is 18.1 Å². The lowest BCUT2D eigenvalue weighted by Gasteiger charge is -2.15. The van der Waals surface area contributed by atoms with Crippen LogP contribution in [0.5, 0.6) is 11.5 Å². The van der Waals surface area contributed by atoms with Crippen molar-refractivity contribution in [1.82, 2.24) is 4.90 Å². The van der Waals surface area contributed by atoms with Crippen molar-refractivity contribution >= 4 is 46.1 Å². The Morgan fingerprint density at radius 3 is 2.52 bits per heavy atom. The first kappa shape index (κ1) is 23.0. The number of methoxy groups -OCH3 is 1. The number of halogens is 1. The Labute approximate surface area is 190 Å². The number of amides is 3. The van der Waals surface area contributed by atoms with E-state index in [1.54, 1.807) is 30.3 Å². The molecule has 9 heteroatoms. The molecule has 1 aliphatic heterocycles. The van der Waals surface area contributed by atoms with Crippen molar-refractivity contribution in [3.05, 3.63) is 52.5 Å². The fraction of sp³-hybridized carbons (Fsp3) is 0.318. The molecular formula is C22H23ClN2O5S. The van der Waals surface area contributed by atoms with Crippen molar-refractivity contribution in [3.8, 4) is 11.5 Å². The highest BCUT2D eigenvalue weighted by Crippen LogP contribution is 2.37. The van der Waals surface area contributed by atoms with Crippen LogP contribution in [-0.4, -0.2) is 41.4 Å². The topological polar surface area (TPSA) is 84.9 Å². The first-order valence-corrected chi connectivity index (χ1v) is 11.0. The van der Waals surface area contributed by atoms with Gasteiger partial charge in [-0.25, -0.2) is 0 Å². The standard InChI is InChI=1S/C22H23ClN2O5S/c1-13(2)11-30-20-17(23)8-15(9-18(20)29-3)21(27)24-16-6-4-14(5-7-16)10-25-19(26)12-31-22(25)28/h4-9,13H,10-12H2,1-3H3,(H,24,27). The van der Waals surface area contributed by atoms with Crippen LogP contribution in [-0.2, 0) is 11.3 Å². The minimum absolute atomic E-state index is 0.181. The third kappa shape index (κ3) is 5.71. The Balaban J connectivity index is 1.69. The fourth-order valence-electron chi connectivity index (χ4n) is 2.85. The summed E-state index contributed by atoms with van der Waals surface area (Å²) in [5, 5.41) is 2.85. The third-order valence-corrected chi connectivity index (χ3v) is 5.59. The lowest BCUT2D eigenvalue weighted by Crippen LogP contribution is -2.27. The van der Waals surface area contributed by atoms with E-state index in [4.69, 9.17) is 21.1 Å². The number of thioether (sulfide) groups is 1. The Kier molecular flexibility index (Phi) is 7.46. The first-order chi connectivity index (χ1) is 14.8. The molecule has 0 unspecified atom stereocenters. The predicted octanol–water partition coefficient (Wildman–Crippen LogP) is 4.83. The summed E-state index contributed by atoms with van der Waals surface area (Å²) in [6.45, 7) is 4.73. The number of hydrogen-bond acceptors (Lipinski definition) is 6. The molecule has 7 nitrogen and oxygen atoms in total. The quantitative estimate of drug-likeness (QED) is 0.604. The SMILES string of the molecule is COc1cc(C(=O)Nc2ccc(CN3C(=O)CSC3=O)cc2)cc(Cl)c1OCC(C)C. The molecule has 2 aromatic carbocycles.